The second-order valence-corrected chi connectivity index (χ2v) is 5.83. The Morgan fingerprint density at radius 3 is 2.91 bits per heavy atom. The minimum atomic E-state index is -0.383. The number of aliphatic hydroxyl groups is 1. The van der Waals surface area contributed by atoms with Gasteiger partial charge in [0.05, 0.1) is 13.0 Å². The molecule has 0 saturated carbocycles. The number of hydrogen-bond donors (Lipinski definition) is 2. The van der Waals surface area contributed by atoms with Crippen molar-refractivity contribution >= 4 is 11.8 Å². The number of hydrogen-bond acceptors (Lipinski definition) is 3. The van der Waals surface area contributed by atoms with Crippen molar-refractivity contribution in [3.8, 4) is 0 Å². The maximum absolute atomic E-state index is 13.1. The molecule has 0 aromatic heterocycles. The van der Waals surface area contributed by atoms with Crippen molar-refractivity contribution < 1.29 is 19.1 Å². The molecule has 0 spiro atoms. The molecule has 0 radical (unpaired) electrons. The summed E-state index contributed by atoms with van der Waals surface area (Å²) in [6.07, 6.45) is 3.52. The summed E-state index contributed by atoms with van der Waals surface area (Å²) < 4.78 is 13.1. The van der Waals surface area contributed by atoms with E-state index in [4.69, 9.17) is 5.11 Å². The van der Waals surface area contributed by atoms with Crippen LogP contribution in [0.3, 0.4) is 0 Å². The smallest absolute Gasteiger partial charge is 0.242 e. The molecule has 1 unspecified atom stereocenters. The number of aliphatic hydroxyl groups excluding tert-OH is 1. The lowest BCUT2D eigenvalue weighted by molar-refractivity contribution is -0.136. The number of amides is 2. The fraction of sp³-hybridized carbons (Fsp3) is 0.529. The second kappa shape index (κ2) is 8.62. The largest absolute Gasteiger partial charge is 0.396 e. The van der Waals surface area contributed by atoms with Crippen molar-refractivity contribution in [2.45, 2.75) is 38.1 Å². The van der Waals surface area contributed by atoms with Gasteiger partial charge in [0.25, 0.3) is 0 Å². The van der Waals surface area contributed by atoms with Crippen molar-refractivity contribution in [2.75, 3.05) is 19.7 Å². The molecule has 1 aromatic carbocycles. The molecule has 1 saturated heterocycles. The molecule has 0 bridgehead atoms. The van der Waals surface area contributed by atoms with E-state index in [9.17, 15) is 14.0 Å². The molecule has 1 atom stereocenters. The summed E-state index contributed by atoms with van der Waals surface area (Å²) in [4.78, 5) is 25.9. The fourth-order valence-electron chi connectivity index (χ4n) is 2.95. The molecule has 0 aliphatic carbocycles. The summed E-state index contributed by atoms with van der Waals surface area (Å²) >= 11 is 0. The van der Waals surface area contributed by atoms with Crippen LogP contribution in [0.4, 0.5) is 4.39 Å². The zero-order valence-corrected chi connectivity index (χ0v) is 13.1. The molecule has 1 aromatic rings. The Balaban J connectivity index is 1.81. The number of benzene rings is 1. The van der Waals surface area contributed by atoms with Crippen LogP contribution in [-0.4, -0.2) is 47.6 Å². The Kier molecular flexibility index (Phi) is 6.52. The standard InChI is InChI=1S/C17H23FN2O3/c18-14-5-3-4-13(10-14)11-16(22)19-12-17(23)20-8-2-1-6-15(20)7-9-21/h3-5,10,15,21H,1-2,6-9,11-12H2,(H,19,22). The molecule has 1 heterocycles. The molecule has 2 amide bonds. The first-order valence-electron chi connectivity index (χ1n) is 8.01. The first kappa shape index (κ1) is 17.4. The summed E-state index contributed by atoms with van der Waals surface area (Å²) in [5.41, 5.74) is 0.575. The monoisotopic (exact) mass is 322 g/mol. The van der Waals surface area contributed by atoms with Crippen LogP contribution in [0.15, 0.2) is 24.3 Å². The highest BCUT2D eigenvalue weighted by Gasteiger charge is 2.26. The highest BCUT2D eigenvalue weighted by Crippen LogP contribution is 2.19. The summed E-state index contributed by atoms with van der Waals surface area (Å²) in [5.74, 6) is -0.818. The first-order chi connectivity index (χ1) is 11.1. The number of piperidine rings is 1. The lowest BCUT2D eigenvalue weighted by atomic mass is 9.99. The molecule has 1 aliphatic rings. The van der Waals surface area contributed by atoms with E-state index >= 15 is 0 Å². The Morgan fingerprint density at radius 1 is 1.35 bits per heavy atom. The molecule has 126 valence electrons. The van der Waals surface area contributed by atoms with E-state index in [-0.39, 0.29) is 43.2 Å². The first-order valence-corrected chi connectivity index (χ1v) is 8.01. The predicted octanol–water partition coefficient (Wildman–Crippen LogP) is 1.25. The van der Waals surface area contributed by atoms with Crippen LogP contribution in [0, 0.1) is 5.82 Å². The van der Waals surface area contributed by atoms with E-state index in [1.54, 1.807) is 17.0 Å². The topological polar surface area (TPSA) is 69.6 Å². The fourth-order valence-corrected chi connectivity index (χ4v) is 2.95. The Morgan fingerprint density at radius 2 is 2.17 bits per heavy atom. The Labute approximate surface area is 135 Å². The van der Waals surface area contributed by atoms with Gasteiger partial charge in [0, 0.05) is 19.2 Å². The van der Waals surface area contributed by atoms with E-state index in [1.165, 1.54) is 12.1 Å². The van der Waals surface area contributed by atoms with E-state index in [0.29, 0.717) is 18.5 Å². The zero-order valence-electron chi connectivity index (χ0n) is 13.1. The molecule has 1 aliphatic heterocycles. The van der Waals surface area contributed by atoms with Crippen LogP contribution in [-0.2, 0) is 16.0 Å². The van der Waals surface area contributed by atoms with Gasteiger partial charge in [-0.2, -0.15) is 0 Å². The van der Waals surface area contributed by atoms with Crippen LogP contribution in [0.2, 0.25) is 0 Å². The van der Waals surface area contributed by atoms with Gasteiger partial charge in [-0.3, -0.25) is 9.59 Å². The minimum absolute atomic E-state index is 0.0467. The molecular formula is C17H23FN2O3. The van der Waals surface area contributed by atoms with Crippen LogP contribution in [0.5, 0.6) is 0 Å². The average molecular weight is 322 g/mol. The highest BCUT2D eigenvalue weighted by molar-refractivity contribution is 5.85. The second-order valence-electron chi connectivity index (χ2n) is 5.83. The Bertz CT molecular complexity index is 548. The quantitative estimate of drug-likeness (QED) is 0.828. The van der Waals surface area contributed by atoms with Gasteiger partial charge >= 0.3 is 0 Å². The third kappa shape index (κ3) is 5.32. The van der Waals surface area contributed by atoms with E-state index in [2.05, 4.69) is 5.32 Å². The van der Waals surface area contributed by atoms with Crippen molar-refractivity contribution in [2.24, 2.45) is 0 Å². The van der Waals surface area contributed by atoms with Gasteiger partial charge in [-0.15, -0.1) is 0 Å². The van der Waals surface area contributed by atoms with Crippen LogP contribution < -0.4 is 5.32 Å². The van der Waals surface area contributed by atoms with Crippen LogP contribution in [0.25, 0.3) is 0 Å². The van der Waals surface area contributed by atoms with E-state index < -0.39 is 0 Å². The molecule has 5 nitrogen and oxygen atoms in total. The summed E-state index contributed by atoms with van der Waals surface area (Å²) in [5, 5.41) is 11.7. The summed E-state index contributed by atoms with van der Waals surface area (Å²) in [7, 11) is 0. The van der Waals surface area contributed by atoms with Crippen LogP contribution >= 0.6 is 0 Å². The van der Waals surface area contributed by atoms with Gasteiger partial charge in [0.2, 0.25) is 11.8 Å². The van der Waals surface area contributed by atoms with Gasteiger partial charge in [-0.25, -0.2) is 4.39 Å². The van der Waals surface area contributed by atoms with Gasteiger partial charge in [0.1, 0.15) is 5.82 Å². The molecule has 2 N–H and O–H groups in total. The molecule has 1 fully saturated rings. The number of halogens is 1. The normalized spacial score (nSPS) is 17.8. The maximum atomic E-state index is 13.1. The number of nitrogens with zero attached hydrogens (tertiary/aromatic N) is 1. The third-order valence-electron chi connectivity index (χ3n) is 4.10. The molecule has 6 heteroatoms. The third-order valence-corrected chi connectivity index (χ3v) is 4.10. The predicted molar refractivity (Wildman–Crippen MR) is 84.2 cm³/mol. The SMILES string of the molecule is O=C(Cc1cccc(F)c1)NCC(=O)N1CCCCC1CCO. The van der Waals surface area contributed by atoms with Crippen LogP contribution in [0.1, 0.15) is 31.2 Å². The van der Waals surface area contributed by atoms with Gasteiger partial charge in [0.15, 0.2) is 0 Å². The average Bonchev–Trinajstić information content (AvgIpc) is 2.53. The van der Waals surface area contributed by atoms with Crippen molar-refractivity contribution in [3.63, 3.8) is 0 Å². The lowest BCUT2D eigenvalue weighted by Crippen LogP contribution is -2.48. The number of carbonyl (C=O) groups is 2. The lowest BCUT2D eigenvalue weighted by Gasteiger charge is -2.35. The van der Waals surface area contributed by atoms with Crippen molar-refractivity contribution in [1.29, 1.82) is 0 Å². The highest BCUT2D eigenvalue weighted by atomic mass is 19.1. The number of nitrogens with one attached hydrogen (secondary N) is 1. The summed E-state index contributed by atoms with van der Waals surface area (Å²) in [6.45, 7) is 0.666. The number of rotatable bonds is 6. The van der Waals surface area contributed by atoms with Crippen molar-refractivity contribution in [3.05, 3.63) is 35.6 Å². The molecule has 2 rings (SSSR count). The number of carbonyl (C=O) groups excluding carboxylic acids is 2. The van der Waals surface area contributed by atoms with Gasteiger partial charge in [-0.05, 0) is 43.4 Å². The molecule has 23 heavy (non-hydrogen) atoms. The maximum Gasteiger partial charge on any atom is 0.242 e. The van der Waals surface area contributed by atoms with Crippen molar-refractivity contribution in [1.82, 2.24) is 10.2 Å². The van der Waals surface area contributed by atoms with Gasteiger partial charge in [-0.1, -0.05) is 12.1 Å². The van der Waals surface area contributed by atoms with Gasteiger partial charge < -0.3 is 15.3 Å². The van der Waals surface area contributed by atoms with E-state index in [0.717, 1.165) is 19.3 Å². The number of likely N-dealkylation sites (tertiary alicyclic amines) is 1. The minimum Gasteiger partial charge on any atom is -0.396 e. The van der Waals surface area contributed by atoms with E-state index in [1.807, 2.05) is 0 Å². The molecular weight excluding hydrogens is 299 g/mol. The zero-order chi connectivity index (χ0) is 16.7. The Hall–Kier alpha value is -1.95. The summed E-state index contributed by atoms with van der Waals surface area (Å²) in [6, 6.07) is 5.91.